The molecule has 3 heterocycles. The van der Waals surface area contributed by atoms with Crippen LogP contribution in [0.15, 0.2) is 4.52 Å². The lowest BCUT2D eigenvalue weighted by molar-refractivity contribution is 0.197. The van der Waals surface area contributed by atoms with Crippen molar-refractivity contribution in [3.8, 4) is 11.6 Å². The number of aryl methyl sites for hydroxylation is 2. The van der Waals surface area contributed by atoms with Crippen LogP contribution in [-0.4, -0.2) is 37.4 Å². The van der Waals surface area contributed by atoms with E-state index in [0.717, 1.165) is 17.7 Å². The van der Waals surface area contributed by atoms with Crippen molar-refractivity contribution in [2.24, 2.45) is 7.05 Å². The van der Waals surface area contributed by atoms with Gasteiger partial charge in [-0.2, -0.15) is 10.1 Å². The molecule has 118 valence electrons. The first-order valence-corrected chi connectivity index (χ1v) is 7.54. The predicted octanol–water partition coefficient (Wildman–Crippen LogP) is 1.47. The van der Waals surface area contributed by atoms with Crippen LogP contribution in [-0.2, 0) is 26.6 Å². The van der Waals surface area contributed by atoms with E-state index in [9.17, 15) is 4.79 Å². The Hall–Kier alpha value is -2.38. The van der Waals surface area contributed by atoms with E-state index in [0.29, 0.717) is 43.5 Å². The molecule has 0 saturated carbocycles. The zero-order valence-electron chi connectivity index (χ0n) is 13.1. The highest BCUT2D eigenvalue weighted by Gasteiger charge is 2.31. The molecule has 0 spiro atoms. The van der Waals surface area contributed by atoms with E-state index in [4.69, 9.17) is 4.52 Å². The van der Waals surface area contributed by atoms with Crippen LogP contribution in [0, 0.1) is 0 Å². The van der Waals surface area contributed by atoms with Gasteiger partial charge < -0.3 is 14.7 Å². The maximum Gasteiger partial charge on any atom is 0.318 e. The van der Waals surface area contributed by atoms with Crippen LogP contribution in [0.4, 0.5) is 4.79 Å². The molecule has 2 aromatic rings. The fourth-order valence-corrected chi connectivity index (χ4v) is 2.55. The molecule has 0 aliphatic carbocycles. The quantitative estimate of drug-likeness (QED) is 0.924. The lowest BCUT2D eigenvalue weighted by Crippen LogP contribution is -2.37. The van der Waals surface area contributed by atoms with Crippen LogP contribution in [0.5, 0.6) is 0 Å². The average molecular weight is 304 g/mol. The van der Waals surface area contributed by atoms with Crippen LogP contribution in [0.3, 0.4) is 0 Å². The summed E-state index contributed by atoms with van der Waals surface area (Å²) in [5, 5.41) is 11.3. The largest absolute Gasteiger partial charge is 0.338 e. The van der Waals surface area contributed by atoms with Crippen molar-refractivity contribution in [3.05, 3.63) is 17.1 Å². The van der Waals surface area contributed by atoms with Crippen LogP contribution in [0.25, 0.3) is 11.6 Å². The van der Waals surface area contributed by atoms with E-state index >= 15 is 0 Å². The summed E-state index contributed by atoms with van der Waals surface area (Å²) in [6.45, 7) is 5.74. The number of hydrogen-bond donors (Lipinski definition) is 1. The molecule has 0 saturated heterocycles. The van der Waals surface area contributed by atoms with Gasteiger partial charge in [0.25, 0.3) is 5.89 Å². The maximum absolute atomic E-state index is 12.1. The van der Waals surface area contributed by atoms with Crippen LogP contribution in [0.1, 0.15) is 37.4 Å². The molecule has 8 heteroatoms. The Morgan fingerprint density at radius 1 is 1.36 bits per heavy atom. The standard InChI is InChI=1S/C14H20N6O2/c1-4-6-15-14(21)20-7-9-10(8-20)19(3)17-12(9)13-16-11(5-2)18-22-13/h4-8H2,1-3H3,(H,15,21). The Morgan fingerprint density at radius 2 is 2.18 bits per heavy atom. The van der Waals surface area contributed by atoms with Gasteiger partial charge in [-0.15, -0.1) is 0 Å². The van der Waals surface area contributed by atoms with Crippen LogP contribution < -0.4 is 5.32 Å². The van der Waals surface area contributed by atoms with Gasteiger partial charge in [-0.05, 0) is 6.42 Å². The van der Waals surface area contributed by atoms with Gasteiger partial charge in [0.05, 0.1) is 18.8 Å². The third-order valence-corrected chi connectivity index (χ3v) is 3.76. The molecule has 0 aromatic carbocycles. The second kappa shape index (κ2) is 5.78. The van der Waals surface area contributed by atoms with E-state index in [1.807, 2.05) is 20.9 Å². The molecule has 1 aliphatic rings. The van der Waals surface area contributed by atoms with E-state index in [2.05, 4.69) is 20.6 Å². The van der Waals surface area contributed by atoms with Gasteiger partial charge >= 0.3 is 6.03 Å². The smallest absolute Gasteiger partial charge is 0.318 e. The van der Waals surface area contributed by atoms with Gasteiger partial charge in [-0.25, -0.2) is 4.79 Å². The molecule has 22 heavy (non-hydrogen) atoms. The predicted molar refractivity (Wildman–Crippen MR) is 78.8 cm³/mol. The van der Waals surface area contributed by atoms with E-state index in [1.165, 1.54) is 0 Å². The van der Waals surface area contributed by atoms with Gasteiger partial charge in [0.2, 0.25) is 0 Å². The maximum atomic E-state index is 12.1. The van der Waals surface area contributed by atoms with Gasteiger partial charge in [0.1, 0.15) is 0 Å². The summed E-state index contributed by atoms with van der Waals surface area (Å²) >= 11 is 0. The van der Waals surface area contributed by atoms with Gasteiger partial charge in [0, 0.05) is 25.6 Å². The van der Waals surface area contributed by atoms with Crippen molar-refractivity contribution in [1.29, 1.82) is 0 Å². The number of carbonyl (C=O) groups is 1. The Labute approximate surface area is 128 Å². The number of nitrogens with zero attached hydrogens (tertiary/aromatic N) is 5. The van der Waals surface area contributed by atoms with Crippen molar-refractivity contribution in [1.82, 2.24) is 30.1 Å². The molecule has 1 aliphatic heterocycles. The number of fused-ring (bicyclic) bond motifs is 1. The fraction of sp³-hybridized carbons (Fsp3) is 0.571. The lowest BCUT2D eigenvalue weighted by Gasteiger charge is -2.16. The monoisotopic (exact) mass is 304 g/mol. The molecule has 3 rings (SSSR count). The Kier molecular flexibility index (Phi) is 3.82. The van der Waals surface area contributed by atoms with Gasteiger partial charge in [-0.1, -0.05) is 19.0 Å². The molecule has 0 fully saturated rings. The molecule has 1 N–H and O–H groups in total. The normalized spacial score (nSPS) is 13.5. The summed E-state index contributed by atoms with van der Waals surface area (Å²) in [7, 11) is 1.87. The van der Waals surface area contributed by atoms with Crippen molar-refractivity contribution in [2.75, 3.05) is 6.54 Å². The molecule has 0 bridgehead atoms. The van der Waals surface area contributed by atoms with Gasteiger partial charge in [0.15, 0.2) is 11.5 Å². The highest BCUT2D eigenvalue weighted by molar-refractivity contribution is 5.75. The first-order valence-electron chi connectivity index (χ1n) is 7.54. The number of aromatic nitrogens is 4. The molecular formula is C14H20N6O2. The highest BCUT2D eigenvalue weighted by atomic mass is 16.5. The minimum absolute atomic E-state index is 0.0521. The molecule has 2 amide bonds. The van der Waals surface area contributed by atoms with Crippen molar-refractivity contribution < 1.29 is 9.32 Å². The van der Waals surface area contributed by atoms with Crippen LogP contribution in [0.2, 0.25) is 0 Å². The topological polar surface area (TPSA) is 89.1 Å². The van der Waals surface area contributed by atoms with Crippen LogP contribution >= 0.6 is 0 Å². The Bertz CT molecular complexity index is 690. The zero-order chi connectivity index (χ0) is 15.7. The molecule has 0 unspecified atom stereocenters. The number of amides is 2. The number of rotatable bonds is 4. The summed E-state index contributed by atoms with van der Waals surface area (Å²) in [5.74, 6) is 1.08. The Balaban J connectivity index is 1.84. The molecule has 8 nitrogen and oxygen atoms in total. The highest BCUT2D eigenvalue weighted by Crippen LogP contribution is 2.31. The summed E-state index contributed by atoms with van der Waals surface area (Å²) < 4.78 is 7.07. The van der Waals surface area contributed by atoms with E-state index in [-0.39, 0.29) is 6.03 Å². The Morgan fingerprint density at radius 3 is 2.86 bits per heavy atom. The summed E-state index contributed by atoms with van der Waals surface area (Å²) in [5.41, 5.74) is 2.67. The third kappa shape index (κ3) is 2.44. The lowest BCUT2D eigenvalue weighted by atomic mass is 10.2. The van der Waals surface area contributed by atoms with Crippen molar-refractivity contribution in [3.63, 3.8) is 0 Å². The number of carbonyl (C=O) groups excluding carboxylic acids is 1. The van der Waals surface area contributed by atoms with Crippen molar-refractivity contribution >= 4 is 6.03 Å². The summed E-state index contributed by atoms with van der Waals surface area (Å²) in [6, 6.07) is -0.0521. The third-order valence-electron chi connectivity index (χ3n) is 3.76. The first-order chi connectivity index (χ1) is 10.6. The average Bonchev–Trinajstić information content (AvgIpc) is 3.21. The fourth-order valence-electron chi connectivity index (χ4n) is 2.55. The summed E-state index contributed by atoms with van der Waals surface area (Å²) in [6.07, 6.45) is 1.63. The number of hydrogen-bond acceptors (Lipinski definition) is 5. The van der Waals surface area contributed by atoms with E-state index in [1.54, 1.807) is 9.58 Å². The molecule has 2 aromatic heterocycles. The second-order valence-electron chi connectivity index (χ2n) is 5.35. The molecular weight excluding hydrogens is 284 g/mol. The molecule has 0 atom stereocenters. The second-order valence-corrected chi connectivity index (χ2v) is 5.35. The molecule has 0 radical (unpaired) electrons. The van der Waals surface area contributed by atoms with Crippen molar-refractivity contribution in [2.45, 2.75) is 39.8 Å². The zero-order valence-corrected chi connectivity index (χ0v) is 13.1. The number of nitrogens with one attached hydrogen (secondary N) is 1. The minimum atomic E-state index is -0.0521. The van der Waals surface area contributed by atoms with E-state index < -0.39 is 0 Å². The summed E-state index contributed by atoms with van der Waals surface area (Å²) in [4.78, 5) is 18.2. The SMILES string of the molecule is CCCNC(=O)N1Cc2c(-c3nc(CC)no3)nn(C)c2C1. The minimum Gasteiger partial charge on any atom is -0.338 e. The van der Waals surface area contributed by atoms with Gasteiger partial charge in [-0.3, -0.25) is 4.68 Å². The first kappa shape index (κ1) is 14.6. The number of urea groups is 1.